The second-order valence-corrected chi connectivity index (χ2v) is 5.86. The van der Waals surface area contributed by atoms with Crippen LogP contribution in [-0.2, 0) is 14.8 Å². The number of hydrogen-bond donors (Lipinski definition) is 2. The molecule has 3 N–H and O–H groups in total. The molecular formula is C10H14N4O3S. The third kappa shape index (κ3) is 2.44. The highest BCUT2D eigenvalue weighted by atomic mass is 32.2. The summed E-state index contributed by atoms with van der Waals surface area (Å²) in [5.41, 5.74) is 5.77. The van der Waals surface area contributed by atoms with Crippen molar-refractivity contribution >= 4 is 21.6 Å². The number of carbonyl (C=O) groups is 1. The number of pyridine rings is 1. The van der Waals surface area contributed by atoms with Crippen molar-refractivity contribution in [1.82, 2.24) is 14.6 Å². The molecule has 1 saturated heterocycles. The van der Waals surface area contributed by atoms with Crippen LogP contribution < -0.4 is 11.1 Å². The third-order valence-electron chi connectivity index (χ3n) is 2.66. The molecule has 98 valence electrons. The quantitative estimate of drug-likeness (QED) is 0.730. The predicted octanol–water partition coefficient (Wildman–Crippen LogP) is -0.826. The topological polar surface area (TPSA) is 105 Å². The first-order valence-corrected chi connectivity index (χ1v) is 6.92. The summed E-state index contributed by atoms with van der Waals surface area (Å²) in [7, 11) is -3.76. The first-order valence-electron chi connectivity index (χ1n) is 5.48. The Morgan fingerprint density at radius 3 is 2.94 bits per heavy atom. The number of carbonyl (C=O) groups excluding carboxylic acids is 1. The summed E-state index contributed by atoms with van der Waals surface area (Å²) in [6.07, 6.45) is 3.20. The number of aromatic nitrogens is 1. The SMILES string of the molecule is Nc1ccncc1S(=O)(=O)N1CCCNC(=O)C1. The fraction of sp³-hybridized carbons (Fsp3) is 0.400. The lowest BCUT2D eigenvalue weighted by atomic mass is 10.4. The minimum atomic E-state index is -3.76. The van der Waals surface area contributed by atoms with E-state index in [0.717, 1.165) is 4.31 Å². The molecule has 1 aliphatic rings. The Morgan fingerprint density at radius 2 is 2.22 bits per heavy atom. The summed E-state index contributed by atoms with van der Waals surface area (Å²) in [5, 5.41) is 2.62. The van der Waals surface area contributed by atoms with Gasteiger partial charge in [0.1, 0.15) is 4.90 Å². The lowest BCUT2D eigenvalue weighted by Gasteiger charge is -2.19. The molecule has 0 unspecified atom stereocenters. The molecule has 1 aromatic heterocycles. The lowest BCUT2D eigenvalue weighted by Crippen LogP contribution is -2.37. The molecule has 8 heteroatoms. The van der Waals surface area contributed by atoms with Crippen molar-refractivity contribution < 1.29 is 13.2 Å². The number of rotatable bonds is 2. The van der Waals surface area contributed by atoms with Gasteiger partial charge in [0.05, 0.1) is 12.2 Å². The molecule has 0 atom stereocenters. The van der Waals surface area contributed by atoms with Crippen molar-refractivity contribution in [3.05, 3.63) is 18.5 Å². The number of sulfonamides is 1. The maximum absolute atomic E-state index is 12.3. The van der Waals surface area contributed by atoms with Crippen LogP contribution in [-0.4, -0.2) is 43.2 Å². The molecule has 0 aromatic carbocycles. The second kappa shape index (κ2) is 4.91. The molecular weight excluding hydrogens is 256 g/mol. The van der Waals surface area contributed by atoms with Gasteiger partial charge >= 0.3 is 0 Å². The van der Waals surface area contributed by atoms with E-state index in [1.807, 2.05) is 0 Å². The van der Waals surface area contributed by atoms with E-state index in [1.165, 1.54) is 18.5 Å². The van der Waals surface area contributed by atoms with Crippen molar-refractivity contribution in [2.75, 3.05) is 25.4 Å². The van der Waals surface area contributed by atoms with Gasteiger partial charge in [-0.05, 0) is 12.5 Å². The van der Waals surface area contributed by atoms with Gasteiger partial charge in [-0.25, -0.2) is 8.42 Å². The van der Waals surface area contributed by atoms with Crippen LogP contribution in [0, 0.1) is 0 Å². The van der Waals surface area contributed by atoms with Crippen LogP contribution in [0.1, 0.15) is 6.42 Å². The van der Waals surface area contributed by atoms with Gasteiger partial charge in [0, 0.05) is 25.5 Å². The first-order chi connectivity index (χ1) is 8.51. The number of nitrogens with two attached hydrogens (primary N) is 1. The first kappa shape index (κ1) is 12.8. The van der Waals surface area contributed by atoms with Crippen LogP contribution in [0.15, 0.2) is 23.4 Å². The van der Waals surface area contributed by atoms with Crippen LogP contribution in [0.3, 0.4) is 0 Å². The highest BCUT2D eigenvalue weighted by Gasteiger charge is 2.29. The maximum Gasteiger partial charge on any atom is 0.247 e. The van der Waals surface area contributed by atoms with Crippen LogP contribution >= 0.6 is 0 Å². The summed E-state index contributed by atoms with van der Waals surface area (Å²) in [5.74, 6) is -0.307. The van der Waals surface area contributed by atoms with E-state index in [1.54, 1.807) is 0 Å². The van der Waals surface area contributed by atoms with Crippen LogP contribution in [0.2, 0.25) is 0 Å². The number of nitrogens with one attached hydrogen (secondary N) is 1. The molecule has 0 aliphatic carbocycles. The molecule has 7 nitrogen and oxygen atoms in total. The van der Waals surface area contributed by atoms with Gasteiger partial charge in [-0.2, -0.15) is 4.31 Å². The summed E-state index contributed by atoms with van der Waals surface area (Å²) >= 11 is 0. The summed E-state index contributed by atoms with van der Waals surface area (Å²) in [4.78, 5) is 15.1. The van der Waals surface area contributed by atoms with Gasteiger partial charge in [-0.15, -0.1) is 0 Å². The maximum atomic E-state index is 12.3. The van der Waals surface area contributed by atoms with E-state index in [9.17, 15) is 13.2 Å². The molecule has 1 amide bonds. The Kier molecular flexibility index (Phi) is 3.48. The van der Waals surface area contributed by atoms with E-state index in [-0.39, 0.29) is 29.6 Å². The Bertz CT molecular complexity index is 558. The third-order valence-corrected chi connectivity index (χ3v) is 4.55. The number of anilines is 1. The Balaban J connectivity index is 2.36. The van der Waals surface area contributed by atoms with Crippen molar-refractivity contribution in [3.63, 3.8) is 0 Å². The predicted molar refractivity (Wildman–Crippen MR) is 65.0 cm³/mol. The summed E-state index contributed by atoms with van der Waals surface area (Å²) < 4.78 is 25.8. The molecule has 0 saturated carbocycles. The Morgan fingerprint density at radius 1 is 1.44 bits per heavy atom. The summed E-state index contributed by atoms with van der Waals surface area (Å²) in [6, 6.07) is 1.42. The van der Waals surface area contributed by atoms with Gasteiger partial charge in [-0.1, -0.05) is 0 Å². The number of nitrogens with zero attached hydrogens (tertiary/aromatic N) is 2. The van der Waals surface area contributed by atoms with E-state index in [4.69, 9.17) is 5.73 Å². The fourth-order valence-electron chi connectivity index (χ4n) is 1.73. The van der Waals surface area contributed by atoms with Gasteiger partial charge in [-0.3, -0.25) is 9.78 Å². The average Bonchev–Trinajstić information content (AvgIpc) is 2.54. The largest absolute Gasteiger partial charge is 0.398 e. The number of nitrogen functional groups attached to an aromatic ring is 1. The van der Waals surface area contributed by atoms with Gasteiger partial charge in [0.2, 0.25) is 15.9 Å². The second-order valence-electron chi connectivity index (χ2n) is 3.96. The standard InChI is InChI=1S/C10H14N4O3S/c11-8-2-4-12-6-9(8)18(16,17)14-5-1-3-13-10(15)7-14/h2,4,6H,1,3,5,7H2,(H2,11,12)(H,13,15). The molecule has 1 fully saturated rings. The van der Waals surface area contributed by atoms with E-state index >= 15 is 0 Å². The van der Waals surface area contributed by atoms with Gasteiger partial charge in [0.15, 0.2) is 0 Å². The van der Waals surface area contributed by atoms with Crippen molar-refractivity contribution in [1.29, 1.82) is 0 Å². The highest BCUT2D eigenvalue weighted by molar-refractivity contribution is 7.89. The zero-order valence-corrected chi connectivity index (χ0v) is 10.5. The molecule has 0 bridgehead atoms. The fourth-order valence-corrected chi connectivity index (χ4v) is 3.22. The number of amides is 1. The normalized spacial score (nSPS) is 18.1. The average molecular weight is 270 g/mol. The zero-order valence-electron chi connectivity index (χ0n) is 9.67. The Labute approximate surface area is 105 Å². The number of hydrogen-bond acceptors (Lipinski definition) is 5. The smallest absolute Gasteiger partial charge is 0.247 e. The van der Waals surface area contributed by atoms with Crippen LogP contribution in [0.5, 0.6) is 0 Å². The zero-order chi connectivity index (χ0) is 13.2. The Hall–Kier alpha value is -1.67. The van der Waals surface area contributed by atoms with Crippen LogP contribution in [0.25, 0.3) is 0 Å². The molecule has 2 rings (SSSR count). The molecule has 0 radical (unpaired) electrons. The van der Waals surface area contributed by atoms with Crippen molar-refractivity contribution in [2.24, 2.45) is 0 Å². The molecule has 1 aliphatic heterocycles. The van der Waals surface area contributed by atoms with E-state index in [0.29, 0.717) is 13.0 Å². The van der Waals surface area contributed by atoms with E-state index < -0.39 is 10.0 Å². The molecule has 18 heavy (non-hydrogen) atoms. The van der Waals surface area contributed by atoms with Crippen molar-refractivity contribution in [2.45, 2.75) is 11.3 Å². The molecule has 1 aromatic rings. The molecule has 0 spiro atoms. The lowest BCUT2D eigenvalue weighted by molar-refractivity contribution is -0.120. The highest BCUT2D eigenvalue weighted by Crippen LogP contribution is 2.21. The van der Waals surface area contributed by atoms with Gasteiger partial charge < -0.3 is 11.1 Å². The minimum absolute atomic E-state index is 0.0558. The van der Waals surface area contributed by atoms with Crippen molar-refractivity contribution in [3.8, 4) is 0 Å². The monoisotopic (exact) mass is 270 g/mol. The molecule has 2 heterocycles. The summed E-state index contributed by atoms with van der Waals surface area (Å²) in [6.45, 7) is 0.583. The van der Waals surface area contributed by atoms with Gasteiger partial charge in [0.25, 0.3) is 0 Å². The van der Waals surface area contributed by atoms with E-state index in [2.05, 4.69) is 10.3 Å². The minimum Gasteiger partial charge on any atom is -0.398 e. The van der Waals surface area contributed by atoms with Crippen LogP contribution in [0.4, 0.5) is 5.69 Å².